The van der Waals surface area contributed by atoms with Crippen LogP contribution in [-0.4, -0.2) is 17.3 Å². The van der Waals surface area contributed by atoms with Gasteiger partial charge in [0.2, 0.25) is 0 Å². The zero-order chi connectivity index (χ0) is 12.7. The molecule has 0 radical (unpaired) electrons. The van der Waals surface area contributed by atoms with Crippen LogP contribution >= 0.6 is 0 Å². The third-order valence-electron chi connectivity index (χ3n) is 3.06. The van der Waals surface area contributed by atoms with Crippen LogP contribution in [0.1, 0.15) is 12.1 Å². The number of benzene rings is 1. The highest BCUT2D eigenvalue weighted by Crippen LogP contribution is 2.24. The van der Waals surface area contributed by atoms with Crippen LogP contribution in [-0.2, 0) is 11.3 Å². The monoisotopic (exact) mass is 251 g/mol. The van der Waals surface area contributed by atoms with Crippen molar-refractivity contribution in [2.24, 2.45) is 0 Å². The van der Waals surface area contributed by atoms with E-state index in [2.05, 4.69) is 0 Å². The van der Waals surface area contributed by atoms with Crippen LogP contribution in [0.3, 0.4) is 0 Å². The van der Waals surface area contributed by atoms with Crippen molar-refractivity contribution in [3.63, 3.8) is 0 Å². The van der Waals surface area contributed by atoms with Crippen molar-refractivity contribution in [3.05, 3.63) is 46.2 Å². The number of rotatable bonds is 3. The summed E-state index contributed by atoms with van der Waals surface area (Å²) in [6.45, 7) is 0.948. The summed E-state index contributed by atoms with van der Waals surface area (Å²) in [6.07, 6.45) is -2.69. The zero-order valence-corrected chi connectivity index (χ0v) is 9.48. The smallest absolute Gasteiger partial charge is 0.278 e. The Morgan fingerprint density at radius 1 is 1.39 bits per heavy atom. The molecular weight excluding hydrogens is 240 g/mol. The van der Waals surface area contributed by atoms with Gasteiger partial charge in [-0.3, -0.25) is 4.79 Å². The van der Waals surface area contributed by atoms with Crippen LogP contribution in [0.2, 0.25) is 0 Å². The Labute approximate surface area is 102 Å². The van der Waals surface area contributed by atoms with E-state index in [1.807, 2.05) is 0 Å². The molecule has 1 aliphatic rings. The number of alkyl halides is 2. The number of pyridine rings is 1. The van der Waals surface area contributed by atoms with Crippen molar-refractivity contribution >= 4 is 10.9 Å². The number of hydrogen-bond acceptors (Lipinski definition) is 2. The van der Waals surface area contributed by atoms with E-state index in [0.717, 1.165) is 6.07 Å². The van der Waals surface area contributed by atoms with Crippen molar-refractivity contribution in [3.8, 4) is 0 Å². The predicted octanol–water partition coefficient (Wildman–Crippen LogP) is 2.34. The molecule has 18 heavy (non-hydrogen) atoms. The van der Waals surface area contributed by atoms with Gasteiger partial charge in [0.1, 0.15) is 0 Å². The first-order chi connectivity index (χ1) is 8.66. The van der Waals surface area contributed by atoms with Gasteiger partial charge in [0, 0.05) is 11.5 Å². The van der Waals surface area contributed by atoms with E-state index < -0.39 is 6.43 Å². The number of halogens is 2. The lowest BCUT2D eigenvalue weighted by molar-refractivity contribution is 0.140. The standard InChI is InChI=1S/C13H11F2NO2/c14-13(15)11-5-12(17)9-3-1-2-4-10(9)16(11)6-8-7-18-8/h1-5,8,13H,6-7H2. The molecular formula is C13H11F2NO2. The van der Waals surface area contributed by atoms with Crippen LogP contribution in [0.4, 0.5) is 8.78 Å². The van der Waals surface area contributed by atoms with Gasteiger partial charge >= 0.3 is 0 Å². The number of para-hydroxylation sites is 1. The average Bonchev–Trinajstić information content (AvgIpc) is 3.16. The van der Waals surface area contributed by atoms with Gasteiger partial charge in [0.05, 0.1) is 30.5 Å². The third-order valence-corrected chi connectivity index (χ3v) is 3.06. The fraction of sp³-hybridized carbons (Fsp3) is 0.308. The Hall–Kier alpha value is -1.75. The molecule has 0 N–H and O–H groups in total. The van der Waals surface area contributed by atoms with Gasteiger partial charge in [-0.25, -0.2) is 8.78 Å². The molecule has 1 fully saturated rings. The molecule has 1 aromatic carbocycles. The Bertz CT molecular complexity index is 647. The Morgan fingerprint density at radius 2 is 2.11 bits per heavy atom. The number of ether oxygens (including phenoxy) is 1. The van der Waals surface area contributed by atoms with E-state index in [9.17, 15) is 13.6 Å². The van der Waals surface area contributed by atoms with Crippen LogP contribution in [0.25, 0.3) is 10.9 Å². The van der Waals surface area contributed by atoms with Crippen molar-refractivity contribution in [2.75, 3.05) is 6.61 Å². The first kappa shape index (κ1) is 11.3. The van der Waals surface area contributed by atoms with E-state index in [4.69, 9.17) is 4.74 Å². The molecule has 3 rings (SSSR count). The summed E-state index contributed by atoms with van der Waals surface area (Å²) in [5.74, 6) is 0. The molecule has 0 spiro atoms. The quantitative estimate of drug-likeness (QED) is 0.785. The van der Waals surface area contributed by atoms with Crippen LogP contribution in [0, 0.1) is 0 Å². The fourth-order valence-corrected chi connectivity index (χ4v) is 2.11. The topological polar surface area (TPSA) is 34.5 Å². The number of epoxide rings is 1. The molecule has 2 aromatic rings. The minimum atomic E-state index is -2.67. The molecule has 0 saturated carbocycles. The van der Waals surface area contributed by atoms with E-state index >= 15 is 0 Å². The van der Waals surface area contributed by atoms with Gasteiger partial charge in [-0.05, 0) is 12.1 Å². The number of fused-ring (bicyclic) bond motifs is 1. The highest BCUT2D eigenvalue weighted by atomic mass is 19.3. The van der Waals surface area contributed by atoms with Crippen LogP contribution in [0.5, 0.6) is 0 Å². The second-order valence-corrected chi connectivity index (χ2v) is 4.32. The molecule has 2 heterocycles. The maximum absolute atomic E-state index is 13.0. The molecule has 1 unspecified atom stereocenters. The second-order valence-electron chi connectivity index (χ2n) is 4.32. The van der Waals surface area contributed by atoms with Gasteiger partial charge < -0.3 is 9.30 Å². The molecule has 0 bridgehead atoms. The molecule has 5 heteroatoms. The molecule has 94 valence electrons. The number of hydrogen-bond donors (Lipinski definition) is 0. The van der Waals surface area contributed by atoms with Crippen LogP contribution < -0.4 is 5.43 Å². The minimum Gasteiger partial charge on any atom is -0.371 e. The van der Waals surface area contributed by atoms with Gasteiger partial charge in [0.25, 0.3) is 6.43 Å². The fourth-order valence-electron chi connectivity index (χ4n) is 2.11. The summed E-state index contributed by atoms with van der Waals surface area (Å²) < 4.78 is 32.6. The van der Waals surface area contributed by atoms with Crippen molar-refractivity contribution in [2.45, 2.75) is 19.1 Å². The van der Waals surface area contributed by atoms with E-state index in [1.54, 1.807) is 24.3 Å². The van der Waals surface area contributed by atoms with Gasteiger partial charge in [0.15, 0.2) is 5.43 Å². The van der Waals surface area contributed by atoms with E-state index in [1.165, 1.54) is 4.57 Å². The van der Waals surface area contributed by atoms with Gasteiger partial charge in [-0.1, -0.05) is 12.1 Å². The molecule has 1 aromatic heterocycles. The average molecular weight is 251 g/mol. The maximum Gasteiger partial charge on any atom is 0.278 e. The summed E-state index contributed by atoms with van der Waals surface area (Å²) in [5, 5.41) is 0.461. The first-order valence-electron chi connectivity index (χ1n) is 5.69. The summed E-state index contributed by atoms with van der Waals surface area (Å²) in [6, 6.07) is 7.82. The molecule has 0 aliphatic carbocycles. The Morgan fingerprint density at radius 3 is 2.78 bits per heavy atom. The lowest BCUT2D eigenvalue weighted by atomic mass is 10.1. The third kappa shape index (κ3) is 1.90. The first-order valence-corrected chi connectivity index (χ1v) is 5.69. The highest BCUT2D eigenvalue weighted by Gasteiger charge is 2.26. The second kappa shape index (κ2) is 4.17. The zero-order valence-electron chi connectivity index (χ0n) is 9.48. The molecule has 3 nitrogen and oxygen atoms in total. The van der Waals surface area contributed by atoms with Gasteiger partial charge in [-0.15, -0.1) is 0 Å². The lowest BCUT2D eigenvalue weighted by Crippen LogP contribution is -2.17. The summed E-state index contributed by atoms with van der Waals surface area (Å²) in [5.41, 5.74) is -0.0705. The number of aromatic nitrogens is 1. The van der Waals surface area contributed by atoms with Crippen molar-refractivity contribution < 1.29 is 13.5 Å². The SMILES string of the molecule is O=c1cc(C(F)F)n(CC2CO2)c2ccccc12. The Balaban J connectivity index is 2.28. The van der Waals surface area contributed by atoms with Crippen molar-refractivity contribution in [1.82, 2.24) is 4.57 Å². The van der Waals surface area contributed by atoms with Gasteiger partial charge in [-0.2, -0.15) is 0 Å². The predicted molar refractivity (Wildman–Crippen MR) is 62.9 cm³/mol. The van der Waals surface area contributed by atoms with E-state index in [-0.39, 0.29) is 17.2 Å². The summed E-state index contributed by atoms with van der Waals surface area (Å²) in [7, 11) is 0. The normalized spacial score (nSPS) is 18.5. The largest absolute Gasteiger partial charge is 0.371 e. The van der Waals surface area contributed by atoms with E-state index in [0.29, 0.717) is 24.1 Å². The molecule has 1 atom stereocenters. The van der Waals surface area contributed by atoms with Crippen LogP contribution in [0.15, 0.2) is 35.1 Å². The molecule has 1 saturated heterocycles. The minimum absolute atomic E-state index is 0.0200. The molecule has 0 amide bonds. The maximum atomic E-state index is 13.0. The summed E-state index contributed by atoms with van der Waals surface area (Å²) in [4.78, 5) is 11.8. The summed E-state index contributed by atoms with van der Waals surface area (Å²) >= 11 is 0. The lowest BCUT2D eigenvalue weighted by Gasteiger charge is -2.15. The number of nitrogens with zero attached hydrogens (tertiary/aromatic N) is 1. The van der Waals surface area contributed by atoms with Crippen molar-refractivity contribution in [1.29, 1.82) is 0 Å². The highest BCUT2D eigenvalue weighted by molar-refractivity contribution is 5.79. The Kier molecular flexibility index (Phi) is 2.63. The molecule has 1 aliphatic heterocycles.